The third-order valence-electron chi connectivity index (χ3n) is 11.8. The van der Waals surface area contributed by atoms with Crippen molar-refractivity contribution >= 4 is 0 Å². The van der Waals surface area contributed by atoms with Crippen LogP contribution in [0.5, 0.6) is 0 Å². The van der Waals surface area contributed by atoms with Crippen molar-refractivity contribution in [1.29, 1.82) is 0 Å². The van der Waals surface area contributed by atoms with E-state index in [9.17, 15) is 10.2 Å². The van der Waals surface area contributed by atoms with Gasteiger partial charge in [-0.25, -0.2) is 0 Å². The lowest BCUT2D eigenvalue weighted by molar-refractivity contribution is -0.150. The summed E-state index contributed by atoms with van der Waals surface area (Å²) in [5, 5.41) is 22.0. The minimum Gasteiger partial charge on any atom is -0.393 e. The van der Waals surface area contributed by atoms with Crippen LogP contribution in [0.2, 0.25) is 0 Å². The molecule has 0 radical (unpaired) electrons. The summed E-state index contributed by atoms with van der Waals surface area (Å²) in [6.07, 6.45) is 13.4. The minimum absolute atomic E-state index is 0.0428. The summed E-state index contributed by atoms with van der Waals surface area (Å²) in [4.78, 5) is 0. The molecule has 0 aromatic heterocycles. The molecule has 0 aromatic carbocycles. The summed E-state index contributed by atoms with van der Waals surface area (Å²) < 4.78 is 6.38. The number of aliphatic hydroxyl groups excluding tert-OH is 2. The van der Waals surface area contributed by atoms with Crippen LogP contribution in [0.15, 0.2) is 12.2 Å². The predicted octanol–water partition coefficient (Wildman–Crippen LogP) is 5.98. The third kappa shape index (κ3) is 3.09. The van der Waals surface area contributed by atoms with Crippen LogP contribution in [0, 0.1) is 52.3 Å². The Kier molecular flexibility index (Phi) is 5.71. The van der Waals surface area contributed by atoms with E-state index in [0.717, 1.165) is 19.3 Å². The highest BCUT2D eigenvalue weighted by atomic mass is 16.6. The fourth-order valence-electron chi connectivity index (χ4n) is 9.83. The fourth-order valence-corrected chi connectivity index (χ4v) is 9.83. The number of allylic oxidation sites excluding steroid dienone is 2. The Morgan fingerprint density at radius 3 is 2.41 bits per heavy atom. The molecule has 1 aliphatic heterocycles. The minimum atomic E-state index is -0.349. The van der Waals surface area contributed by atoms with E-state index in [4.69, 9.17) is 4.74 Å². The average Bonchev–Trinajstić information content (AvgIpc) is 3.36. The second-order valence-corrected chi connectivity index (χ2v) is 13.3. The zero-order chi connectivity index (χ0) is 23.1. The van der Waals surface area contributed by atoms with Gasteiger partial charge in [0.15, 0.2) is 0 Å². The monoisotopic (exact) mass is 444 g/mol. The molecule has 0 unspecified atom stereocenters. The molecule has 0 amide bonds. The molecule has 1 spiro atoms. The highest BCUT2D eigenvalue weighted by Gasteiger charge is 2.79. The van der Waals surface area contributed by atoms with E-state index >= 15 is 0 Å². The fraction of sp³-hybridized carbons (Fsp3) is 0.931. The smallest absolute Gasteiger partial charge is 0.114 e. The maximum Gasteiger partial charge on any atom is 0.114 e. The molecule has 2 N–H and O–H groups in total. The molecule has 12 atom stereocenters. The second kappa shape index (κ2) is 7.82. The van der Waals surface area contributed by atoms with E-state index in [2.05, 4.69) is 53.7 Å². The summed E-state index contributed by atoms with van der Waals surface area (Å²) in [5.41, 5.74) is 0.196. The van der Waals surface area contributed by atoms with Gasteiger partial charge in [-0.05, 0) is 91.8 Å². The van der Waals surface area contributed by atoms with Crippen molar-refractivity contribution < 1.29 is 14.9 Å². The molecule has 5 aliphatic rings. The van der Waals surface area contributed by atoms with E-state index in [1.165, 1.54) is 32.1 Å². The Balaban J connectivity index is 1.38. The van der Waals surface area contributed by atoms with E-state index in [-0.39, 0.29) is 29.3 Å². The van der Waals surface area contributed by atoms with Crippen LogP contribution >= 0.6 is 0 Å². The quantitative estimate of drug-likeness (QED) is 0.405. The number of hydrogen-bond donors (Lipinski definition) is 2. The van der Waals surface area contributed by atoms with Gasteiger partial charge in [0.05, 0.1) is 12.2 Å². The lowest BCUT2D eigenvalue weighted by Gasteiger charge is -2.60. The van der Waals surface area contributed by atoms with E-state index < -0.39 is 0 Å². The predicted molar refractivity (Wildman–Crippen MR) is 129 cm³/mol. The molecular weight excluding hydrogens is 396 g/mol. The van der Waals surface area contributed by atoms with Gasteiger partial charge in [0, 0.05) is 11.8 Å². The summed E-state index contributed by atoms with van der Waals surface area (Å²) in [7, 11) is 0. The van der Waals surface area contributed by atoms with Crippen LogP contribution in [0.1, 0.15) is 92.9 Å². The normalized spacial score (nSPS) is 54.0. The number of epoxide rings is 1. The van der Waals surface area contributed by atoms with E-state index in [1.807, 2.05) is 0 Å². The van der Waals surface area contributed by atoms with Crippen molar-refractivity contribution in [2.24, 2.45) is 52.3 Å². The molecule has 5 fully saturated rings. The maximum absolute atomic E-state index is 11.6. The Hall–Kier alpha value is -0.380. The maximum atomic E-state index is 11.6. The van der Waals surface area contributed by atoms with Gasteiger partial charge in [0.1, 0.15) is 11.7 Å². The van der Waals surface area contributed by atoms with Gasteiger partial charge in [0.2, 0.25) is 0 Å². The molecule has 5 rings (SSSR count). The topological polar surface area (TPSA) is 53.0 Å². The molecule has 3 nitrogen and oxygen atoms in total. The molecule has 0 bridgehead atoms. The van der Waals surface area contributed by atoms with Crippen molar-refractivity contribution in [2.75, 3.05) is 0 Å². The van der Waals surface area contributed by atoms with Gasteiger partial charge in [-0.2, -0.15) is 0 Å². The Morgan fingerprint density at radius 2 is 1.72 bits per heavy atom. The molecule has 32 heavy (non-hydrogen) atoms. The van der Waals surface area contributed by atoms with Crippen LogP contribution in [0.3, 0.4) is 0 Å². The average molecular weight is 445 g/mol. The van der Waals surface area contributed by atoms with Crippen LogP contribution < -0.4 is 0 Å². The summed E-state index contributed by atoms with van der Waals surface area (Å²) in [5.74, 6) is 4.22. The molecule has 4 aliphatic carbocycles. The first-order chi connectivity index (χ1) is 15.1. The zero-order valence-electron chi connectivity index (χ0n) is 21.4. The molecule has 0 aromatic rings. The second-order valence-electron chi connectivity index (χ2n) is 13.3. The van der Waals surface area contributed by atoms with Gasteiger partial charge < -0.3 is 14.9 Å². The van der Waals surface area contributed by atoms with Crippen LogP contribution in [-0.2, 0) is 4.74 Å². The highest BCUT2D eigenvalue weighted by molar-refractivity contribution is 5.27. The van der Waals surface area contributed by atoms with Gasteiger partial charge >= 0.3 is 0 Å². The molecular formula is C29H48O3. The number of ether oxygens (including phenoxy) is 1. The Bertz CT molecular complexity index is 747. The largest absolute Gasteiger partial charge is 0.393 e. The van der Waals surface area contributed by atoms with Crippen molar-refractivity contribution in [3.8, 4) is 0 Å². The van der Waals surface area contributed by atoms with Gasteiger partial charge in [-0.1, -0.05) is 53.7 Å². The van der Waals surface area contributed by atoms with Crippen molar-refractivity contribution in [2.45, 2.75) is 117 Å². The molecule has 4 saturated carbocycles. The summed E-state index contributed by atoms with van der Waals surface area (Å²) in [6, 6.07) is 0. The standard InChI is InChI=1S/C29H48O3/c1-7-19(17(2)3)9-8-18(4)21-10-11-22-24-23(13-14-27(21,22)5)28(6)15-12-20(30)16-29(28)26(32-29)25(24)31/h8-9,17-26,30-31H,7,10-16H2,1-6H3/b9-8+/t18-,19-,20+,21-,22+,23+,24+,25+,26+,27-,28-,29+/m1/s1. The van der Waals surface area contributed by atoms with Crippen LogP contribution in [0.25, 0.3) is 0 Å². The molecule has 182 valence electrons. The lowest BCUT2D eigenvalue weighted by atomic mass is 9.43. The van der Waals surface area contributed by atoms with Crippen molar-refractivity contribution in [1.82, 2.24) is 0 Å². The first-order valence-electron chi connectivity index (χ1n) is 13.8. The molecule has 3 heteroatoms. The third-order valence-corrected chi connectivity index (χ3v) is 11.8. The van der Waals surface area contributed by atoms with Crippen LogP contribution in [0.4, 0.5) is 0 Å². The Morgan fingerprint density at radius 1 is 0.969 bits per heavy atom. The van der Waals surface area contributed by atoms with Gasteiger partial charge in [-0.3, -0.25) is 0 Å². The van der Waals surface area contributed by atoms with Gasteiger partial charge in [-0.15, -0.1) is 0 Å². The van der Waals surface area contributed by atoms with E-state index in [0.29, 0.717) is 46.8 Å². The number of fused-ring (bicyclic) bond motifs is 4. The first-order valence-corrected chi connectivity index (χ1v) is 13.8. The zero-order valence-corrected chi connectivity index (χ0v) is 21.4. The van der Waals surface area contributed by atoms with Crippen molar-refractivity contribution in [3.05, 3.63) is 12.2 Å². The highest BCUT2D eigenvalue weighted by Crippen LogP contribution is 2.74. The van der Waals surface area contributed by atoms with Crippen molar-refractivity contribution in [3.63, 3.8) is 0 Å². The van der Waals surface area contributed by atoms with Gasteiger partial charge in [0.25, 0.3) is 0 Å². The first kappa shape index (κ1) is 23.4. The number of aliphatic hydroxyl groups is 2. The lowest BCUT2D eigenvalue weighted by Crippen LogP contribution is -2.63. The summed E-state index contributed by atoms with van der Waals surface area (Å²) >= 11 is 0. The molecule has 1 heterocycles. The Labute approximate surface area is 196 Å². The summed E-state index contributed by atoms with van der Waals surface area (Å²) in [6.45, 7) is 14.4. The molecule has 1 saturated heterocycles. The van der Waals surface area contributed by atoms with Crippen LogP contribution in [-0.4, -0.2) is 34.1 Å². The SMILES string of the molecule is CC[C@H](/C=C/[C@@H](C)[C@H]1CC[C@H]2[C@@H]3[C@H](O)[C@@H]4O[C@@]45C[C@@H](O)CC[C@]5(C)[C@H]3CC[C@]12C)C(C)C. The van der Waals surface area contributed by atoms with E-state index in [1.54, 1.807) is 0 Å². The number of hydrogen-bond acceptors (Lipinski definition) is 3. The number of rotatable bonds is 5.